The van der Waals surface area contributed by atoms with Gasteiger partial charge in [-0.05, 0) is 0 Å². The minimum Gasteiger partial charge on any atom is -0.480 e. The molecule has 0 aromatic rings. The first-order chi connectivity index (χ1) is 5.79. The standard InChI is InChI=1S/C7H12N2O2S/c10-7(11)5-9-6-1-3-12-4-2-8-6/h1-5H2,(H,8,9)(H,10,11). The predicted octanol–water partition coefficient (Wildman–Crippen LogP) is 0.196. The van der Waals surface area contributed by atoms with E-state index in [0.29, 0.717) is 0 Å². The van der Waals surface area contributed by atoms with Crippen molar-refractivity contribution >= 4 is 23.6 Å². The van der Waals surface area contributed by atoms with Crippen molar-refractivity contribution in [2.24, 2.45) is 4.99 Å². The lowest BCUT2D eigenvalue weighted by Gasteiger charge is -2.03. The van der Waals surface area contributed by atoms with E-state index in [4.69, 9.17) is 5.11 Å². The molecule has 12 heavy (non-hydrogen) atoms. The Morgan fingerprint density at radius 1 is 1.67 bits per heavy atom. The van der Waals surface area contributed by atoms with E-state index in [2.05, 4.69) is 10.3 Å². The average Bonchev–Trinajstić information content (AvgIpc) is 2.28. The van der Waals surface area contributed by atoms with Gasteiger partial charge >= 0.3 is 5.97 Å². The largest absolute Gasteiger partial charge is 0.480 e. The lowest BCUT2D eigenvalue weighted by Crippen LogP contribution is -2.29. The Morgan fingerprint density at radius 3 is 3.25 bits per heavy atom. The zero-order chi connectivity index (χ0) is 8.81. The number of nitrogens with one attached hydrogen (secondary N) is 1. The Hall–Kier alpha value is -0.710. The molecule has 5 heteroatoms. The Bertz CT molecular complexity index is 194. The molecule has 0 saturated carbocycles. The van der Waals surface area contributed by atoms with Crippen LogP contribution in [-0.2, 0) is 4.79 Å². The molecule has 68 valence electrons. The molecule has 1 aliphatic rings. The zero-order valence-electron chi connectivity index (χ0n) is 6.75. The Morgan fingerprint density at radius 2 is 2.50 bits per heavy atom. The first kappa shape index (κ1) is 9.38. The zero-order valence-corrected chi connectivity index (χ0v) is 7.56. The van der Waals surface area contributed by atoms with Crippen LogP contribution >= 0.6 is 11.8 Å². The highest BCUT2D eigenvalue weighted by atomic mass is 32.2. The van der Waals surface area contributed by atoms with E-state index in [0.717, 1.165) is 30.3 Å². The lowest BCUT2D eigenvalue weighted by atomic mass is 10.4. The first-order valence-corrected chi connectivity index (χ1v) is 5.01. The van der Waals surface area contributed by atoms with Crippen molar-refractivity contribution < 1.29 is 9.90 Å². The molecular formula is C7H12N2O2S. The number of carboxylic acids is 1. The summed E-state index contributed by atoms with van der Waals surface area (Å²) < 4.78 is 0. The quantitative estimate of drug-likeness (QED) is 0.649. The third-order valence-corrected chi connectivity index (χ3v) is 2.43. The third-order valence-electron chi connectivity index (χ3n) is 1.47. The average molecular weight is 188 g/mol. The SMILES string of the molecule is O=C(O)CNC1=NCCSCC1. The highest BCUT2D eigenvalue weighted by molar-refractivity contribution is 7.99. The number of carboxylic acid groups (broad SMARTS) is 1. The molecule has 1 rings (SSSR count). The molecule has 2 N–H and O–H groups in total. The van der Waals surface area contributed by atoms with Gasteiger partial charge < -0.3 is 10.4 Å². The Balaban J connectivity index is 2.28. The van der Waals surface area contributed by atoms with Gasteiger partial charge in [0.1, 0.15) is 6.54 Å². The van der Waals surface area contributed by atoms with Crippen molar-refractivity contribution in [2.75, 3.05) is 24.6 Å². The summed E-state index contributed by atoms with van der Waals surface area (Å²) in [6.45, 7) is 0.774. The number of hydrogen-bond acceptors (Lipinski definition) is 4. The molecule has 0 atom stereocenters. The number of rotatable bonds is 2. The van der Waals surface area contributed by atoms with E-state index in [1.54, 1.807) is 0 Å². The molecule has 0 bridgehead atoms. The monoisotopic (exact) mass is 188 g/mol. The van der Waals surface area contributed by atoms with Gasteiger partial charge in [-0.2, -0.15) is 11.8 Å². The van der Waals surface area contributed by atoms with Crippen LogP contribution in [0.5, 0.6) is 0 Å². The van der Waals surface area contributed by atoms with E-state index in [9.17, 15) is 4.79 Å². The summed E-state index contributed by atoms with van der Waals surface area (Å²) in [5, 5.41) is 11.2. The van der Waals surface area contributed by atoms with Crippen LogP contribution < -0.4 is 5.32 Å². The highest BCUT2D eigenvalue weighted by Crippen LogP contribution is 2.06. The van der Waals surface area contributed by atoms with Crippen LogP contribution in [0.4, 0.5) is 0 Å². The number of thioether (sulfide) groups is 1. The lowest BCUT2D eigenvalue weighted by molar-refractivity contribution is -0.135. The predicted molar refractivity (Wildman–Crippen MR) is 49.9 cm³/mol. The second-order valence-electron chi connectivity index (χ2n) is 2.44. The molecule has 1 heterocycles. The van der Waals surface area contributed by atoms with E-state index in [1.807, 2.05) is 11.8 Å². The fourth-order valence-electron chi connectivity index (χ4n) is 0.917. The minimum atomic E-state index is -0.838. The molecule has 1 aliphatic heterocycles. The topological polar surface area (TPSA) is 61.7 Å². The van der Waals surface area contributed by atoms with Crippen LogP contribution in [0.2, 0.25) is 0 Å². The summed E-state index contributed by atoms with van der Waals surface area (Å²) in [7, 11) is 0. The fourth-order valence-corrected chi connectivity index (χ4v) is 1.68. The summed E-state index contributed by atoms with van der Waals surface area (Å²) in [6, 6.07) is 0. The molecule has 4 nitrogen and oxygen atoms in total. The van der Waals surface area contributed by atoms with Gasteiger partial charge in [-0.1, -0.05) is 0 Å². The number of aliphatic imine (C=N–C) groups is 1. The Kier molecular flexibility index (Phi) is 3.93. The van der Waals surface area contributed by atoms with E-state index in [-0.39, 0.29) is 6.54 Å². The van der Waals surface area contributed by atoms with E-state index in [1.165, 1.54) is 0 Å². The number of nitrogens with zero attached hydrogens (tertiary/aromatic N) is 1. The maximum Gasteiger partial charge on any atom is 0.322 e. The van der Waals surface area contributed by atoms with Gasteiger partial charge in [0.05, 0.1) is 5.84 Å². The van der Waals surface area contributed by atoms with Gasteiger partial charge in [-0.25, -0.2) is 0 Å². The van der Waals surface area contributed by atoms with Gasteiger partial charge in [0.2, 0.25) is 0 Å². The summed E-state index contributed by atoms with van der Waals surface area (Å²) >= 11 is 1.85. The van der Waals surface area contributed by atoms with Crippen molar-refractivity contribution in [1.29, 1.82) is 0 Å². The molecule has 0 aromatic heterocycles. The maximum absolute atomic E-state index is 10.2. The highest BCUT2D eigenvalue weighted by Gasteiger charge is 2.04. The van der Waals surface area contributed by atoms with Crippen molar-refractivity contribution in [3.63, 3.8) is 0 Å². The second kappa shape index (κ2) is 5.03. The van der Waals surface area contributed by atoms with E-state index < -0.39 is 5.97 Å². The number of carbonyl (C=O) groups is 1. The van der Waals surface area contributed by atoms with Crippen LogP contribution in [0, 0.1) is 0 Å². The maximum atomic E-state index is 10.2. The van der Waals surface area contributed by atoms with Gasteiger partial charge in [-0.3, -0.25) is 9.79 Å². The number of amidine groups is 1. The van der Waals surface area contributed by atoms with E-state index >= 15 is 0 Å². The Labute approximate surface area is 75.4 Å². The van der Waals surface area contributed by atoms with Crippen LogP contribution in [0.15, 0.2) is 4.99 Å². The van der Waals surface area contributed by atoms with Gasteiger partial charge in [0, 0.05) is 24.5 Å². The molecule has 0 aliphatic carbocycles. The van der Waals surface area contributed by atoms with Crippen molar-refractivity contribution in [3.8, 4) is 0 Å². The number of aliphatic carboxylic acids is 1. The van der Waals surface area contributed by atoms with Crippen LogP contribution in [-0.4, -0.2) is 41.5 Å². The fraction of sp³-hybridized carbons (Fsp3) is 0.714. The molecular weight excluding hydrogens is 176 g/mol. The molecule has 0 unspecified atom stereocenters. The first-order valence-electron chi connectivity index (χ1n) is 3.86. The van der Waals surface area contributed by atoms with Crippen LogP contribution in [0.1, 0.15) is 6.42 Å². The van der Waals surface area contributed by atoms with Crippen molar-refractivity contribution in [3.05, 3.63) is 0 Å². The molecule has 0 fully saturated rings. The molecule has 0 saturated heterocycles. The molecule has 0 amide bonds. The summed E-state index contributed by atoms with van der Waals surface area (Å²) in [5.41, 5.74) is 0. The summed E-state index contributed by atoms with van der Waals surface area (Å²) in [5.74, 6) is 2.07. The normalized spacial score (nSPS) is 17.8. The summed E-state index contributed by atoms with van der Waals surface area (Å²) in [4.78, 5) is 14.4. The molecule has 0 spiro atoms. The van der Waals surface area contributed by atoms with Crippen LogP contribution in [0.25, 0.3) is 0 Å². The minimum absolute atomic E-state index is 0.0243. The van der Waals surface area contributed by atoms with Crippen molar-refractivity contribution in [1.82, 2.24) is 5.32 Å². The summed E-state index contributed by atoms with van der Waals surface area (Å²) in [6.07, 6.45) is 0.859. The van der Waals surface area contributed by atoms with Gasteiger partial charge in [0.15, 0.2) is 0 Å². The van der Waals surface area contributed by atoms with Gasteiger partial charge in [-0.15, -0.1) is 0 Å². The smallest absolute Gasteiger partial charge is 0.322 e. The van der Waals surface area contributed by atoms with Gasteiger partial charge in [0.25, 0.3) is 0 Å². The molecule has 0 radical (unpaired) electrons. The second-order valence-corrected chi connectivity index (χ2v) is 3.66. The third kappa shape index (κ3) is 3.61. The van der Waals surface area contributed by atoms with Crippen LogP contribution in [0.3, 0.4) is 0 Å². The van der Waals surface area contributed by atoms with Crippen molar-refractivity contribution in [2.45, 2.75) is 6.42 Å². The number of hydrogen-bond donors (Lipinski definition) is 2. The molecule has 0 aromatic carbocycles.